The fourth-order valence-electron chi connectivity index (χ4n) is 2.65. The summed E-state index contributed by atoms with van der Waals surface area (Å²) in [6.07, 6.45) is 6.40. The second-order valence-corrected chi connectivity index (χ2v) is 6.96. The van der Waals surface area contributed by atoms with E-state index in [1.165, 1.54) is 16.8 Å². The van der Waals surface area contributed by atoms with Crippen molar-refractivity contribution in [3.8, 4) is 0 Å². The van der Waals surface area contributed by atoms with E-state index in [4.69, 9.17) is 0 Å². The van der Waals surface area contributed by atoms with Crippen LogP contribution in [0.2, 0.25) is 0 Å². The lowest BCUT2D eigenvalue weighted by Gasteiger charge is -2.22. The highest BCUT2D eigenvalue weighted by Gasteiger charge is 2.38. The first-order valence-corrected chi connectivity index (χ1v) is 7.94. The highest BCUT2D eigenvalue weighted by molar-refractivity contribution is 7.89. The number of aryl methyl sites for hydroxylation is 2. The van der Waals surface area contributed by atoms with Crippen LogP contribution in [0, 0.1) is 6.92 Å². The van der Waals surface area contributed by atoms with Crippen LogP contribution >= 0.6 is 0 Å². The third-order valence-electron chi connectivity index (χ3n) is 3.66. The van der Waals surface area contributed by atoms with Crippen molar-refractivity contribution < 1.29 is 8.42 Å². The molecule has 2 aromatic rings. The lowest BCUT2D eigenvalue weighted by molar-refractivity contribution is 0.387. The maximum atomic E-state index is 12.7. The molecular weight excluding hydrogens is 278 g/mol. The van der Waals surface area contributed by atoms with Gasteiger partial charge in [-0.05, 0) is 25.3 Å². The Morgan fingerprint density at radius 2 is 2.25 bits per heavy atom. The van der Waals surface area contributed by atoms with Crippen LogP contribution < -0.4 is 0 Å². The van der Waals surface area contributed by atoms with Crippen molar-refractivity contribution in [2.45, 2.75) is 30.8 Å². The smallest absolute Gasteiger partial charge is 0.262 e. The topological polar surface area (TPSA) is 83.9 Å². The van der Waals surface area contributed by atoms with Gasteiger partial charge in [0.25, 0.3) is 10.0 Å². The zero-order chi connectivity index (χ0) is 14.3. The molecule has 1 aliphatic heterocycles. The fraction of sp³-hybridized carbons (Fsp3) is 0.500. The van der Waals surface area contributed by atoms with Crippen LogP contribution in [0.1, 0.15) is 30.1 Å². The molecule has 20 heavy (non-hydrogen) atoms. The first-order chi connectivity index (χ1) is 9.50. The van der Waals surface area contributed by atoms with Gasteiger partial charge in [-0.3, -0.25) is 5.10 Å². The van der Waals surface area contributed by atoms with E-state index >= 15 is 0 Å². The molecule has 1 unspecified atom stereocenters. The molecule has 0 aliphatic carbocycles. The van der Waals surface area contributed by atoms with Crippen LogP contribution in [0.25, 0.3) is 0 Å². The molecule has 0 amide bonds. The van der Waals surface area contributed by atoms with Crippen LogP contribution in [0.15, 0.2) is 23.7 Å². The number of aromatic nitrogens is 4. The van der Waals surface area contributed by atoms with Crippen molar-refractivity contribution in [3.63, 3.8) is 0 Å². The summed E-state index contributed by atoms with van der Waals surface area (Å²) in [6.45, 7) is 2.45. The lowest BCUT2D eigenvalue weighted by Crippen LogP contribution is -2.31. The molecule has 0 aromatic carbocycles. The molecule has 1 N–H and O–H groups in total. The minimum Gasteiger partial charge on any atom is -0.339 e. The van der Waals surface area contributed by atoms with Crippen LogP contribution in [-0.4, -0.2) is 39.0 Å². The number of rotatable bonds is 3. The monoisotopic (exact) mass is 295 g/mol. The summed E-state index contributed by atoms with van der Waals surface area (Å²) in [5.74, 6) is 0. The first-order valence-electron chi connectivity index (χ1n) is 6.50. The number of hydrogen-bond acceptors (Lipinski definition) is 4. The molecule has 2 aromatic heterocycles. The Hall–Kier alpha value is -1.67. The van der Waals surface area contributed by atoms with Crippen LogP contribution in [0.3, 0.4) is 0 Å². The molecule has 1 aliphatic rings. The van der Waals surface area contributed by atoms with E-state index < -0.39 is 10.0 Å². The van der Waals surface area contributed by atoms with E-state index in [1.807, 2.05) is 6.92 Å². The summed E-state index contributed by atoms with van der Waals surface area (Å²) in [5, 5.41) is 7.02. The van der Waals surface area contributed by atoms with E-state index in [2.05, 4.69) is 15.2 Å². The molecule has 0 saturated carbocycles. The fourth-order valence-corrected chi connectivity index (χ4v) is 4.29. The lowest BCUT2D eigenvalue weighted by atomic mass is 10.1. The third-order valence-corrected chi connectivity index (χ3v) is 5.45. The second kappa shape index (κ2) is 4.71. The normalized spacial score (nSPS) is 20.6. The summed E-state index contributed by atoms with van der Waals surface area (Å²) in [7, 11) is -1.80. The van der Waals surface area contributed by atoms with Gasteiger partial charge in [0.05, 0.1) is 24.3 Å². The van der Waals surface area contributed by atoms with E-state index in [0.717, 1.165) is 24.1 Å². The van der Waals surface area contributed by atoms with Crippen molar-refractivity contribution in [3.05, 3.63) is 30.0 Å². The zero-order valence-electron chi connectivity index (χ0n) is 11.4. The third kappa shape index (κ3) is 2.04. The highest BCUT2D eigenvalue weighted by Crippen LogP contribution is 2.36. The Kier molecular flexibility index (Phi) is 3.14. The SMILES string of the molecule is Cc1cn[nH]c1C1CCCN1S(=O)(=O)c1cn(C)cn1. The quantitative estimate of drug-likeness (QED) is 0.914. The Bertz CT molecular complexity index is 718. The molecule has 1 saturated heterocycles. The van der Waals surface area contributed by atoms with Crippen molar-refractivity contribution in [2.24, 2.45) is 7.05 Å². The molecule has 0 radical (unpaired) electrons. The molecule has 0 spiro atoms. The molecule has 1 fully saturated rings. The number of imidazole rings is 1. The van der Waals surface area contributed by atoms with Crippen molar-refractivity contribution in [1.29, 1.82) is 0 Å². The Morgan fingerprint density at radius 3 is 2.85 bits per heavy atom. The van der Waals surface area contributed by atoms with E-state index in [9.17, 15) is 8.42 Å². The molecule has 0 bridgehead atoms. The average Bonchev–Trinajstić information content (AvgIpc) is 3.07. The summed E-state index contributed by atoms with van der Waals surface area (Å²) >= 11 is 0. The molecule has 1 atom stereocenters. The standard InChI is InChI=1S/C12H17N5O2S/c1-9-6-14-15-12(9)10-4-3-5-17(10)20(18,19)11-7-16(2)8-13-11/h6-8,10H,3-5H2,1-2H3,(H,14,15). The Balaban J connectivity index is 1.99. The van der Waals surface area contributed by atoms with Gasteiger partial charge in [-0.2, -0.15) is 9.40 Å². The maximum Gasteiger partial charge on any atom is 0.262 e. The van der Waals surface area contributed by atoms with E-state index in [0.29, 0.717) is 6.54 Å². The van der Waals surface area contributed by atoms with Gasteiger partial charge >= 0.3 is 0 Å². The minimum absolute atomic E-state index is 0.101. The van der Waals surface area contributed by atoms with Crippen molar-refractivity contribution in [1.82, 2.24) is 24.1 Å². The van der Waals surface area contributed by atoms with Gasteiger partial charge in [-0.15, -0.1) is 0 Å². The first kappa shape index (κ1) is 13.3. The van der Waals surface area contributed by atoms with Crippen LogP contribution in [0.4, 0.5) is 0 Å². The summed E-state index contributed by atoms with van der Waals surface area (Å²) in [5.41, 5.74) is 1.86. The van der Waals surface area contributed by atoms with Crippen molar-refractivity contribution in [2.75, 3.05) is 6.54 Å². The largest absolute Gasteiger partial charge is 0.339 e. The predicted molar refractivity (Wildman–Crippen MR) is 72.4 cm³/mol. The van der Waals surface area contributed by atoms with Gasteiger partial charge in [0.15, 0.2) is 5.03 Å². The van der Waals surface area contributed by atoms with Gasteiger partial charge in [-0.25, -0.2) is 13.4 Å². The molecule has 8 heteroatoms. The minimum atomic E-state index is -3.56. The van der Waals surface area contributed by atoms with Crippen LogP contribution in [-0.2, 0) is 17.1 Å². The van der Waals surface area contributed by atoms with Crippen LogP contribution in [0.5, 0.6) is 0 Å². The second-order valence-electron chi connectivity index (χ2n) is 5.12. The molecule has 3 heterocycles. The number of nitrogens with one attached hydrogen (secondary N) is 1. The maximum absolute atomic E-state index is 12.7. The summed E-state index contributed by atoms with van der Waals surface area (Å²) < 4.78 is 28.5. The average molecular weight is 295 g/mol. The van der Waals surface area contributed by atoms with E-state index in [1.54, 1.807) is 17.8 Å². The number of aromatic amines is 1. The zero-order valence-corrected chi connectivity index (χ0v) is 12.3. The molecular formula is C12H17N5O2S. The van der Waals surface area contributed by atoms with Gasteiger partial charge in [-0.1, -0.05) is 0 Å². The van der Waals surface area contributed by atoms with Gasteiger partial charge in [0.1, 0.15) is 0 Å². The Labute approximate surface area is 117 Å². The van der Waals surface area contributed by atoms with Gasteiger partial charge in [0, 0.05) is 19.8 Å². The molecule has 3 rings (SSSR count). The molecule has 7 nitrogen and oxygen atoms in total. The van der Waals surface area contributed by atoms with Gasteiger partial charge < -0.3 is 4.57 Å². The summed E-state index contributed by atoms with van der Waals surface area (Å²) in [6, 6.07) is -0.176. The number of H-pyrrole nitrogens is 1. The number of sulfonamides is 1. The molecule has 108 valence electrons. The van der Waals surface area contributed by atoms with Gasteiger partial charge in [0.2, 0.25) is 0 Å². The van der Waals surface area contributed by atoms with E-state index in [-0.39, 0.29) is 11.1 Å². The number of nitrogens with zero attached hydrogens (tertiary/aromatic N) is 4. The summed E-state index contributed by atoms with van der Waals surface area (Å²) in [4.78, 5) is 3.98. The highest BCUT2D eigenvalue weighted by atomic mass is 32.2. The Morgan fingerprint density at radius 1 is 1.45 bits per heavy atom. The predicted octanol–water partition coefficient (Wildman–Crippen LogP) is 0.977. The number of hydrogen-bond donors (Lipinski definition) is 1. The van der Waals surface area contributed by atoms with Crippen molar-refractivity contribution >= 4 is 10.0 Å².